The number of benzene rings is 4. The molecule has 1 N–H and O–H groups in total. The summed E-state index contributed by atoms with van der Waals surface area (Å²) in [6, 6.07) is 30.6. The van der Waals surface area contributed by atoms with Crippen LogP contribution in [-0.2, 0) is 11.4 Å². The van der Waals surface area contributed by atoms with Crippen LogP contribution in [0.15, 0.2) is 101 Å². The molecule has 0 saturated heterocycles. The van der Waals surface area contributed by atoms with Gasteiger partial charge in [0.15, 0.2) is 0 Å². The van der Waals surface area contributed by atoms with Gasteiger partial charge < -0.3 is 4.74 Å². The molecule has 0 saturated carbocycles. The topological polar surface area (TPSA) is 50.7 Å². The number of carbonyl (C=O) groups excluding carboxylic acids is 1. The van der Waals surface area contributed by atoms with Crippen molar-refractivity contribution in [3.63, 3.8) is 0 Å². The minimum atomic E-state index is -0.0961. The molecule has 0 aliphatic carbocycles. The molecule has 1 amide bonds. The number of hydrogen-bond acceptors (Lipinski definition) is 4. The van der Waals surface area contributed by atoms with Crippen molar-refractivity contribution in [1.82, 2.24) is 5.43 Å². The summed E-state index contributed by atoms with van der Waals surface area (Å²) in [6.07, 6.45) is 2.05. The van der Waals surface area contributed by atoms with Crippen LogP contribution in [0.2, 0.25) is 0 Å². The molecule has 4 nitrogen and oxygen atoms in total. The van der Waals surface area contributed by atoms with Crippen molar-refractivity contribution in [2.45, 2.75) is 24.8 Å². The summed E-state index contributed by atoms with van der Waals surface area (Å²) >= 11 is 1.67. The first-order valence-electron chi connectivity index (χ1n) is 10.9. The van der Waals surface area contributed by atoms with E-state index in [0.717, 1.165) is 16.9 Å². The zero-order valence-corrected chi connectivity index (χ0v) is 19.3. The molecule has 5 heteroatoms. The fourth-order valence-corrected chi connectivity index (χ4v) is 4.13. The highest BCUT2D eigenvalue weighted by Crippen LogP contribution is 2.19. The van der Waals surface area contributed by atoms with E-state index in [2.05, 4.69) is 72.0 Å². The van der Waals surface area contributed by atoms with Gasteiger partial charge in [-0.05, 0) is 71.3 Å². The van der Waals surface area contributed by atoms with Crippen LogP contribution in [0, 0.1) is 6.92 Å². The number of thioether (sulfide) groups is 1. The molecule has 4 aromatic carbocycles. The van der Waals surface area contributed by atoms with Crippen LogP contribution in [0.3, 0.4) is 0 Å². The van der Waals surface area contributed by atoms with Crippen molar-refractivity contribution in [2.75, 3.05) is 5.75 Å². The van der Waals surface area contributed by atoms with Gasteiger partial charge in [-0.2, -0.15) is 5.10 Å². The Kier molecular flexibility index (Phi) is 7.77. The van der Waals surface area contributed by atoms with Gasteiger partial charge >= 0.3 is 0 Å². The lowest BCUT2D eigenvalue weighted by Crippen LogP contribution is -2.17. The number of aryl methyl sites for hydroxylation is 1. The molecule has 0 bridgehead atoms. The van der Waals surface area contributed by atoms with Crippen LogP contribution in [0.25, 0.3) is 10.8 Å². The molecule has 0 atom stereocenters. The second-order valence-electron chi connectivity index (χ2n) is 7.74. The third-order valence-electron chi connectivity index (χ3n) is 5.12. The molecule has 0 spiro atoms. The van der Waals surface area contributed by atoms with Gasteiger partial charge in [0, 0.05) is 17.1 Å². The van der Waals surface area contributed by atoms with E-state index in [-0.39, 0.29) is 5.91 Å². The Morgan fingerprint density at radius 2 is 1.70 bits per heavy atom. The highest BCUT2D eigenvalue weighted by Gasteiger charge is 2.02. The van der Waals surface area contributed by atoms with Crippen molar-refractivity contribution < 1.29 is 9.53 Å². The fraction of sp³-hybridized carbons (Fsp3) is 0.143. The Balaban J connectivity index is 1.19. The number of hydrazone groups is 1. The van der Waals surface area contributed by atoms with E-state index in [0.29, 0.717) is 18.8 Å². The van der Waals surface area contributed by atoms with Crippen molar-refractivity contribution in [2.24, 2.45) is 5.10 Å². The maximum atomic E-state index is 12.0. The molecule has 33 heavy (non-hydrogen) atoms. The number of hydrogen-bond donors (Lipinski definition) is 1. The van der Waals surface area contributed by atoms with Gasteiger partial charge in [-0.3, -0.25) is 4.79 Å². The second kappa shape index (κ2) is 11.3. The Labute approximate surface area is 198 Å². The molecule has 4 aromatic rings. The standard InChI is InChI=1S/C28H26N2O2S/c1-21-6-14-27(15-7-21)33-17-16-28(31)30-29-19-22-9-12-26(13-10-22)32-20-23-8-11-24-4-2-3-5-25(24)18-23/h2-15,18-19H,16-17,20H2,1H3,(H,30,31)/b29-19-. The smallest absolute Gasteiger partial charge is 0.240 e. The fourth-order valence-electron chi connectivity index (χ4n) is 3.28. The van der Waals surface area contributed by atoms with E-state index in [4.69, 9.17) is 4.74 Å². The number of nitrogens with one attached hydrogen (secondary N) is 1. The zero-order chi connectivity index (χ0) is 22.9. The van der Waals surface area contributed by atoms with E-state index in [9.17, 15) is 4.79 Å². The third kappa shape index (κ3) is 6.96. The Bertz CT molecular complexity index is 1230. The summed E-state index contributed by atoms with van der Waals surface area (Å²) in [5, 5.41) is 6.49. The number of fused-ring (bicyclic) bond motifs is 1. The van der Waals surface area contributed by atoms with Gasteiger partial charge in [-0.15, -0.1) is 11.8 Å². The summed E-state index contributed by atoms with van der Waals surface area (Å²) in [5.74, 6) is 1.41. The second-order valence-corrected chi connectivity index (χ2v) is 8.91. The van der Waals surface area contributed by atoms with E-state index < -0.39 is 0 Å². The van der Waals surface area contributed by atoms with Gasteiger partial charge in [-0.1, -0.05) is 54.1 Å². The maximum absolute atomic E-state index is 12.0. The average Bonchev–Trinajstić information content (AvgIpc) is 2.85. The van der Waals surface area contributed by atoms with Crippen LogP contribution in [0.1, 0.15) is 23.1 Å². The van der Waals surface area contributed by atoms with E-state index in [1.807, 2.05) is 36.4 Å². The van der Waals surface area contributed by atoms with Gasteiger partial charge in [0.25, 0.3) is 0 Å². The first-order chi connectivity index (χ1) is 16.2. The Morgan fingerprint density at radius 3 is 2.48 bits per heavy atom. The summed E-state index contributed by atoms with van der Waals surface area (Å²) in [6.45, 7) is 2.57. The van der Waals surface area contributed by atoms with E-state index >= 15 is 0 Å². The van der Waals surface area contributed by atoms with Gasteiger partial charge in [0.1, 0.15) is 12.4 Å². The average molecular weight is 455 g/mol. The quantitative estimate of drug-likeness (QED) is 0.182. The molecule has 0 fully saturated rings. The van der Waals surface area contributed by atoms with E-state index in [1.54, 1.807) is 18.0 Å². The summed E-state index contributed by atoms with van der Waals surface area (Å²) in [5.41, 5.74) is 5.84. The highest BCUT2D eigenvalue weighted by molar-refractivity contribution is 7.99. The van der Waals surface area contributed by atoms with E-state index in [1.165, 1.54) is 21.2 Å². The van der Waals surface area contributed by atoms with Gasteiger partial charge in [-0.25, -0.2) is 5.43 Å². The molecule has 4 rings (SSSR count). The molecule has 0 radical (unpaired) electrons. The molecule has 166 valence electrons. The molecule has 0 aromatic heterocycles. The number of rotatable bonds is 9. The van der Waals surface area contributed by atoms with Crippen LogP contribution < -0.4 is 10.2 Å². The van der Waals surface area contributed by atoms with Crippen LogP contribution >= 0.6 is 11.8 Å². The summed E-state index contributed by atoms with van der Waals surface area (Å²) in [7, 11) is 0. The van der Waals surface area contributed by atoms with Crippen molar-refractivity contribution in [3.05, 3.63) is 108 Å². The molecular weight excluding hydrogens is 428 g/mol. The minimum Gasteiger partial charge on any atom is -0.489 e. The lowest BCUT2D eigenvalue weighted by atomic mass is 10.1. The summed E-state index contributed by atoms with van der Waals surface area (Å²) < 4.78 is 5.91. The number of carbonyl (C=O) groups is 1. The first-order valence-corrected chi connectivity index (χ1v) is 11.9. The summed E-state index contributed by atoms with van der Waals surface area (Å²) in [4.78, 5) is 13.1. The highest BCUT2D eigenvalue weighted by atomic mass is 32.2. The molecule has 0 unspecified atom stereocenters. The van der Waals surface area contributed by atoms with Crippen molar-refractivity contribution in [3.8, 4) is 5.75 Å². The molecular formula is C28H26N2O2S. The first kappa shape index (κ1) is 22.6. The molecule has 0 aliphatic rings. The number of amides is 1. The SMILES string of the molecule is Cc1ccc(SCCC(=O)N/N=C\c2ccc(OCc3ccc4ccccc4c3)cc2)cc1. The van der Waals surface area contributed by atoms with Crippen LogP contribution in [0.4, 0.5) is 0 Å². The normalized spacial score (nSPS) is 11.1. The predicted molar refractivity (Wildman–Crippen MR) is 137 cm³/mol. The van der Waals surface area contributed by atoms with Crippen molar-refractivity contribution >= 4 is 34.7 Å². The van der Waals surface area contributed by atoms with Crippen LogP contribution in [-0.4, -0.2) is 17.9 Å². The number of nitrogens with zero attached hydrogens (tertiary/aromatic N) is 1. The minimum absolute atomic E-state index is 0.0961. The number of ether oxygens (including phenoxy) is 1. The molecule has 0 heterocycles. The van der Waals surface area contributed by atoms with Crippen LogP contribution in [0.5, 0.6) is 5.75 Å². The monoisotopic (exact) mass is 454 g/mol. The third-order valence-corrected chi connectivity index (χ3v) is 6.13. The lowest BCUT2D eigenvalue weighted by Gasteiger charge is -2.07. The maximum Gasteiger partial charge on any atom is 0.240 e. The molecule has 0 aliphatic heterocycles. The lowest BCUT2D eigenvalue weighted by molar-refractivity contribution is -0.120. The van der Waals surface area contributed by atoms with Gasteiger partial charge in [0.05, 0.1) is 6.21 Å². The zero-order valence-electron chi connectivity index (χ0n) is 18.5. The van der Waals surface area contributed by atoms with Crippen molar-refractivity contribution in [1.29, 1.82) is 0 Å². The Morgan fingerprint density at radius 1 is 0.939 bits per heavy atom. The predicted octanol–water partition coefficient (Wildman–Crippen LogP) is 6.36. The largest absolute Gasteiger partial charge is 0.489 e. The Hall–Kier alpha value is -3.57. The van der Waals surface area contributed by atoms with Gasteiger partial charge in [0.2, 0.25) is 5.91 Å².